The first-order chi connectivity index (χ1) is 7.65. The van der Waals surface area contributed by atoms with Gasteiger partial charge in [-0.05, 0) is 44.5 Å². The Labute approximate surface area is 102 Å². The molecule has 0 aromatic heterocycles. The predicted octanol–water partition coefficient (Wildman–Crippen LogP) is 4.76. The van der Waals surface area contributed by atoms with Crippen LogP contribution in [0.2, 0.25) is 0 Å². The van der Waals surface area contributed by atoms with Crippen molar-refractivity contribution >= 4 is 11.8 Å². The number of rotatable bonds is 2. The summed E-state index contributed by atoms with van der Waals surface area (Å²) in [6.45, 7) is 6.44. The molecule has 2 aromatic carbocycles. The largest absolute Gasteiger partial charge is 0.0898 e. The summed E-state index contributed by atoms with van der Waals surface area (Å²) in [5.41, 5.74) is 3.99. The Morgan fingerprint density at radius 1 is 0.812 bits per heavy atom. The van der Waals surface area contributed by atoms with Crippen molar-refractivity contribution in [3.63, 3.8) is 0 Å². The first kappa shape index (κ1) is 11.3. The maximum absolute atomic E-state index is 2.23. The Morgan fingerprint density at radius 2 is 1.56 bits per heavy atom. The van der Waals surface area contributed by atoms with Gasteiger partial charge < -0.3 is 0 Å². The third-order valence-electron chi connectivity index (χ3n) is 2.55. The third-order valence-corrected chi connectivity index (χ3v) is 3.72. The van der Waals surface area contributed by atoms with Crippen LogP contribution in [0.25, 0.3) is 0 Å². The van der Waals surface area contributed by atoms with E-state index in [1.165, 1.54) is 26.5 Å². The summed E-state index contributed by atoms with van der Waals surface area (Å²) in [6, 6.07) is 15.2. The number of aryl methyl sites for hydroxylation is 3. The van der Waals surface area contributed by atoms with E-state index >= 15 is 0 Å². The van der Waals surface area contributed by atoms with Crippen LogP contribution in [0.4, 0.5) is 0 Å². The van der Waals surface area contributed by atoms with Crippen molar-refractivity contribution in [3.05, 3.63) is 59.2 Å². The molecule has 0 heterocycles. The molecule has 0 N–H and O–H groups in total. The summed E-state index contributed by atoms with van der Waals surface area (Å²) in [4.78, 5) is 2.66. The fourth-order valence-electron chi connectivity index (χ4n) is 1.72. The van der Waals surface area contributed by atoms with Crippen molar-refractivity contribution in [1.82, 2.24) is 0 Å². The second kappa shape index (κ2) is 4.75. The summed E-state index contributed by atoms with van der Waals surface area (Å²) in [5.74, 6) is 0. The molecule has 0 saturated carbocycles. The van der Waals surface area contributed by atoms with Gasteiger partial charge in [0.05, 0.1) is 0 Å². The van der Waals surface area contributed by atoms with Crippen molar-refractivity contribution in [2.75, 3.05) is 0 Å². The normalized spacial score (nSPS) is 10.4. The smallest absolute Gasteiger partial charge is 0.0151 e. The van der Waals surface area contributed by atoms with E-state index in [0.717, 1.165) is 0 Å². The highest BCUT2D eigenvalue weighted by Crippen LogP contribution is 2.30. The van der Waals surface area contributed by atoms with Crippen LogP contribution >= 0.6 is 11.8 Å². The van der Waals surface area contributed by atoms with E-state index in [0.29, 0.717) is 0 Å². The van der Waals surface area contributed by atoms with E-state index in [2.05, 4.69) is 63.2 Å². The van der Waals surface area contributed by atoms with Crippen molar-refractivity contribution in [1.29, 1.82) is 0 Å². The molecule has 2 rings (SSSR count). The Morgan fingerprint density at radius 3 is 2.25 bits per heavy atom. The van der Waals surface area contributed by atoms with E-state index < -0.39 is 0 Å². The summed E-state index contributed by atoms with van der Waals surface area (Å²) in [6.07, 6.45) is 0. The molecule has 0 bridgehead atoms. The molecule has 0 fully saturated rings. The maximum atomic E-state index is 2.23. The van der Waals surface area contributed by atoms with E-state index in [1.807, 2.05) is 11.8 Å². The Bertz CT molecular complexity index is 501. The lowest BCUT2D eigenvalue weighted by atomic mass is 10.2. The number of hydrogen-bond donors (Lipinski definition) is 0. The van der Waals surface area contributed by atoms with Crippen LogP contribution in [-0.4, -0.2) is 0 Å². The second-order valence-corrected chi connectivity index (χ2v) is 5.30. The first-order valence-corrected chi connectivity index (χ1v) is 6.28. The van der Waals surface area contributed by atoms with E-state index in [9.17, 15) is 0 Å². The Kier molecular flexibility index (Phi) is 3.35. The standard InChI is InChI=1S/C15H16S/c1-11-5-4-6-14(10-11)16-15-8-7-12(2)9-13(15)3/h4-10H,1-3H3. The van der Waals surface area contributed by atoms with Crippen LogP contribution in [0.15, 0.2) is 52.3 Å². The van der Waals surface area contributed by atoms with Crippen LogP contribution < -0.4 is 0 Å². The quantitative estimate of drug-likeness (QED) is 0.714. The number of benzene rings is 2. The molecule has 2 aromatic rings. The summed E-state index contributed by atoms with van der Waals surface area (Å²) in [5, 5.41) is 0. The van der Waals surface area contributed by atoms with Gasteiger partial charge >= 0.3 is 0 Å². The van der Waals surface area contributed by atoms with Crippen molar-refractivity contribution in [3.8, 4) is 0 Å². The average Bonchev–Trinajstić information content (AvgIpc) is 2.22. The van der Waals surface area contributed by atoms with Gasteiger partial charge in [0.1, 0.15) is 0 Å². The highest BCUT2D eigenvalue weighted by molar-refractivity contribution is 7.99. The van der Waals surface area contributed by atoms with Crippen LogP contribution in [0.3, 0.4) is 0 Å². The van der Waals surface area contributed by atoms with Gasteiger partial charge in [0, 0.05) is 9.79 Å². The molecule has 16 heavy (non-hydrogen) atoms. The molecular weight excluding hydrogens is 212 g/mol. The van der Waals surface area contributed by atoms with Gasteiger partial charge in [-0.1, -0.05) is 47.2 Å². The highest BCUT2D eigenvalue weighted by Gasteiger charge is 2.01. The summed E-state index contributed by atoms with van der Waals surface area (Å²) < 4.78 is 0. The lowest BCUT2D eigenvalue weighted by Gasteiger charge is -2.07. The zero-order chi connectivity index (χ0) is 11.5. The van der Waals surface area contributed by atoms with E-state index in [1.54, 1.807) is 0 Å². The molecule has 0 radical (unpaired) electrons. The zero-order valence-corrected chi connectivity index (χ0v) is 10.8. The monoisotopic (exact) mass is 228 g/mol. The van der Waals surface area contributed by atoms with Crippen molar-refractivity contribution in [2.24, 2.45) is 0 Å². The first-order valence-electron chi connectivity index (χ1n) is 5.47. The molecule has 0 unspecified atom stereocenters. The van der Waals surface area contributed by atoms with Gasteiger partial charge in [-0.15, -0.1) is 0 Å². The lowest BCUT2D eigenvalue weighted by Crippen LogP contribution is -1.82. The van der Waals surface area contributed by atoms with E-state index in [-0.39, 0.29) is 0 Å². The number of hydrogen-bond acceptors (Lipinski definition) is 1. The van der Waals surface area contributed by atoms with Gasteiger partial charge in [0.2, 0.25) is 0 Å². The molecule has 0 aliphatic carbocycles. The molecule has 0 atom stereocenters. The van der Waals surface area contributed by atoms with Gasteiger partial charge in [-0.25, -0.2) is 0 Å². The molecule has 1 heteroatoms. The highest BCUT2D eigenvalue weighted by atomic mass is 32.2. The molecule has 0 spiro atoms. The topological polar surface area (TPSA) is 0 Å². The molecule has 82 valence electrons. The molecule has 0 aliphatic rings. The molecule has 0 aliphatic heterocycles. The van der Waals surface area contributed by atoms with Gasteiger partial charge in [-0.3, -0.25) is 0 Å². The minimum absolute atomic E-state index is 1.31. The summed E-state index contributed by atoms with van der Waals surface area (Å²) >= 11 is 1.84. The molecule has 0 saturated heterocycles. The Balaban J connectivity index is 2.27. The minimum Gasteiger partial charge on any atom is -0.0898 e. The zero-order valence-electron chi connectivity index (χ0n) is 9.95. The molecule has 0 nitrogen and oxygen atoms in total. The maximum Gasteiger partial charge on any atom is 0.0151 e. The SMILES string of the molecule is Cc1cccc(Sc2ccc(C)cc2C)c1. The predicted molar refractivity (Wildman–Crippen MR) is 71.2 cm³/mol. The van der Waals surface area contributed by atoms with Gasteiger partial charge in [0.25, 0.3) is 0 Å². The Hall–Kier alpha value is -1.21. The van der Waals surface area contributed by atoms with E-state index in [4.69, 9.17) is 0 Å². The van der Waals surface area contributed by atoms with Gasteiger partial charge in [-0.2, -0.15) is 0 Å². The van der Waals surface area contributed by atoms with Crippen molar-refractivity contribution in [2.45, 2.75) is 30.6 Å². The fourth-order valence-corrected chi connectivity index (χ4v) is 2.72. The lowest BCUT2D eigenvalue weighted by molar-refractivity contribution is 1.25. The summed E-state index contributed by atoms with van der Waals surface area (Å²) in [7, 11) is 0. The average molecular weight is 228 g/mol. The van der Waals surface area contributed by atoms with Crippen LogP contribution in [0, 0.1) is 20.8 Å². The minimum atomic E-state index is 1.31. The second-order valence-electron chi connectivity index (χ2n) is 4.19. The van der Waals surface area contributed by atoms with Crippen LogP contribution in [0.1, 0.15) is 16.7 Å². The molecular formula is C15H16S. The fraction of sp³-hybridized carbons (Fsp3) is 0.200. The third kappa shape index (κ3) is 2.67. The van der Waals surface area contributed by atoms with Crippen LogP contribution in [-0.2, 0) is 0 Å². The van der Waals surface area contributed by atoms with Crippen LogP contribution in [0.5, 0.6) is 0 Å². The van der Waals surface area contributed by atoms with Crippen molar-refractivity contribution < 1.29 is 0 Å². The molecule has 0 amide bonds. The van der Waals surface area contributed by atoms with Gasteiger partial charge in [0.15, 0.2) is 0 Å².